The van der Waals surface area contributed by atoms with Crippen LogP contribution in [0.1, 0.15) is 28.7 Å². The number of ether oxygens (including phenoxy) is 3. The summed E-state index contributed by atoms with van der Waals surface area (Å²) in [4.78, 5) is 51.9. The third-order valence-electron chi connectivity index (χ3n) is 10.9. The molecule has 12 heteroatoms. The van der Waals surface area contributed by atoms with Crippen LogP contribution >= 0.6 is 22.6 Å². The van der Waals surface area contributed by atoms with Gasteiger partial charge in [0.25, 0.3) is 0 Å². The smallest absolute Gasteiger partial charge is 0.327 e. The van der Waals surface area contributed by atoms with Crippen molar-refractivity contribution in [3.63, 3.8) is 0 Å². The lowest BCUT2D eigenvalue weighted by molar-refractivity contribution is -0.214. The summed E-state index contributed by atoms with van der Waals surface area (Å²) < 4.78 is 21.3. The molecule has 1 aliphatic carbocycles. The Balaban J connectivity index is 1.24. The second kappa shape index (κ2) is 14.6. The van der Waals surface area contributed by atoms with Crippen molar-refractivity contribution in [2.75, 3.05) is 20.2 Å². The molecule has 53 heavy (non-hydrogen) atoms. The number of hydrogen-bond acceptors (Lipinski definition) is 9. The Bertz CT molecular complexity index is 1930. The highest BCUT2D eigenvalue weighted by atomic mass is 127. The van der Waals surface area contributed by atoms with Gasteiger partial charge in [-0.3, -0.25) is 19.2 Å². The third kappa shape index (κ3) is 6.24. The van der Waals surface area contributed by atoms with Crippen molar-refractivity contribution in [3.05, 3.63) is 141 Å². The van der Waals surface area contributed by atoms with Gasteiger partial charge in [0.1, 0.15) is 35.9 Å². The van der Waals surface area contributed by atoms with E-state index in [1.807, 2.05) is 115 Å². The van der Waals surface area contributed by atoms with Gasteiger partial charge in [0.2, 0.25) is 17.6 Å². The largest absolute Gasteiger partial charge is 0.458 e. The first-order valence-electron chi connectivity index (χ1n) is 17.8. The zero-order valence-electron chi connectivity index (χ0n) is 29.0. The molecular weight excluding hydrogens is 789 g/mol. The van der Waals surface area contributed by atoms with Gasteiger partial charge in [-0.25, -0.2) is 0 Å². The maximum absolute atomic E-state index is 15.5. The lowest BCUT2D eigenvalue weighted by Gasteiger charge is -2.50. The summed E-state index contributed by atoms with van der Waals surface area (Å²) >= 11 is 2.24. The second-order valence-electron chi connectivity index (χ2n) is 14.0. The number of nitrogens with zero attached hydrogens (tertiary/aromatic N) is 2. The minimum Gasteiger partial charge on any atom is -0.458 e. The van der Waals surface area contributed by atoms with E-state index in [-0.39, 0.29) is 32.5 Å². The van der Waals surface area contributed by atoms with E-state index in [0.717, 1.165) is 25.8 Å². The van der Waals surface area contributed by atoms with E-state index in [0.29, 0.717) is 0 Å². The molecule has 3 saturated heterocycles. The average molecular weight is 830 g/mol. The maximum atomic E-state index is 15.5. The average Bonchev–Trinajstić information content (AvgIpc) is 3.76. The summed E-state index contributed by atoms with van der Waals surface area (Å²) in [6.07, 6.45) is -3.14. The number of benzene rings is 4. The standard InChI is InChI=1S/C41H40IN3O8/c1-44(31(37(47)43-20-21-46)23-26-12-5-2-6-13-26)39(49)40-24-32-33-34(52-41(51-33,28-15-7-3-8-16-28)29-17-9-4-10-18-29)36(40)53-45(35(40)38(48)50-32)25-27-14-11-19-30(42)22-27/h2-19,22,31-36,46H,20-21,23-25H2,1H3,(H,43,47)/t31-,32-,33+,34+,35+,36-,40+/m1/s1. The number of carbonyl (C=O) groups excluding carboxylic acids is 3. The van der Waals surface area contributed by atoms with Crippen LogP contribution in [0.5, 0.6) is 0 Å². The molecule has 4 aromatic carbocycles. The van der Waals surface area contributed by atoms with Crippen LogP contribution in [0.4, 0.5) is 0 Å². The van der Waals surface area contributed by atoms with Crippen LogP contribution < -0.4 is 5.32 Å². The van der Waals surface area contributed by atoms with Crippen molar-refractivity contribution in [3.8, 4) is 0 Å². The molecule has 2 N–H and O–H groups in total. The molecule has 11 nitrogen and oxygen atoms in total. The van der Waals surface area contributed by atoms with E-state index in [1.54, 1.807) is 12.1 Å². The Morgan fingerprint density at radius 3 is 2.17 bits per heavy atom. The van der Waals surface area contributed by atoms with Crippen LogP contribution in [0.2, 0.25) is 0 Å². The Labute approximate surface area is 321 Å². The van der Waals surface area contributed by atoms with Gasteiger partial charge in [-0.05, 0) is 45.9 Å². The highest BCUT2D eigenvalue weighted by Crippen LogP contribution is 2.59. The number of aliphatic hydroxyl groups excluding tert-OH is 1. The van der Waals surface area contributed by atoms with E-state index >= 15 is 4.79 Å². The van der Waals surface area contributed by atoms with Gasteiger partial charge in [0.15, 0.2) is 6.04 Å². The highest BCUT2D eigenvalue weighted by molar-refractivity contribution is 14.1. The molecule has 2 amide bonds. The minimum absolute atomic E-state index is 0.0275. The van der Waals surface area contributed by atoms with Crippen molar-refractivity contribution in [2.45, 2.75) is 61.7 Å². The van der Waals surface area contributed by atoms with Gasteiger partial charge in [0, 0.05) is 41.1 Å². The molecule has 1 saturated carbocycles. The number of amides is 2. The lowest BCUT2D eigenvalue weighted by Crippen LogP contribution is -2.70. The van der Waals surface area contributed by atoms with Crippen molar-refractivity contribution < 1.29 is 38.5 Å². The summed E-state index contributed by atoms with van der Waals surface area (Å²) in [6, 6.07) is 34.4. The summed E-state index contributed by atoms with van der Waals surface area (Å²) in [5.74, 6) is -2.84. The fourth-order valence-corrected chi connectivity index (χ4v) is 9.10. The minimum atomic E-state index is -1.50. The number of aliphatic hydroxyl groups is 1. The first-order chi connectivity index (χ1) is 25.7. The fourth-order valence-electron chi connectivity index (χ4n) is 8.49. The number of hydroxylamine groups is 2. The molecule has 4 aliphatic rings. The van der Waals surface area contributed by atoms with E-state index in [1.165, 1.54) is 4.90 Å². The van der Waals surface area contributed by atoms with Gasteiger partial charge in [-0.1, -0.05) is 103 Å². The van der Waals surface area contributed by atoms with Gasteiger partial charge in [0.05, 0.1) is 13.2 Å². The van der Waals surface area contributed by atoms with Crippen LogP contribution in [-0.2, 0) is 52.2 Å². The predicted molar refractivity (Wildman–Crippen MR) is 201 cm³/mol. The zero-order chi connectivity index (χ0) is 36.7. The molecule has 3 aliphatic heterocycles. The quantitative estimate of drug-likeness (QED) is 0.171. The summed E-state index contributed by atoms with van der Waals surface area (Å²) in [7, 11) is 1.60. The van der Waals surface area contributed by atoms with E-state index < -0.39 is 65.5 Å². The van der Waals surface area contributed by atoms with E-state index in [2.05, 4.69) is 27.9 Å². The van der Waals surface area contributed by atoms with Gasteiger partial charge in [-0.2, -0.15) is 5.06 Å². The second-order valence-corrected chi connectivity index (χ2v) is 15.2. The van der Waals surface area contributed by atoms with Crippen molar-refractivity contribution in [1.29, 1.82) is 0 Å². The van der Waals surface area contributed by atoms with Crippen molar-refractivity contribution >= 4 is 40.4 Å². The third-order valence-corrected chi connectivity index (χ3v) is 11.5. The number of nitrogens with one attached hydrogen (secondary N) is 1. The molecule has 0 spiro atoms. The normalized spacial score (nSPS) is 27.4. The number of esters is 1. The lowest BCUT2D eigenvalue weighted by atomic mass is 9.62. The predicted octanol–water partition coefficient (Wildman–Crippen LogP) is 3.95. The molecule has 0 aromatic heterocycles. The van der Waals surface area contributed by atoms with Crippen molar-refractivity contribution in [2.24, 2.45) is 5.41 Å². The maximum Gasteiger partial charge on any atom is 0.327 e. The summed E-state index contributed by atoms with van der Waals surface area (Å²) in [6.45, 7) is -0.0311. The number of fused-ring (bicyclic) bond motifs is 4. The van der Waals surface area contributed by atoms with Gasteiger partial charge >= 0.3 is 5.97 Å². The molecule has 274 valence electrons. The van der Waals surface area contributed by atoms with Crippen LogP contribution in [-0.4, -0.2) is 89.6 Å². The number of hydrogen-bond donors (Lipinski definition) is 2. The molecule has 0 radical (unpaired) electrons. The zero-order valence-corrected chi connectivity index (χ0v) is 31.2. The topological polar surface area (TPSA) is 127 Å². The SMILES string of the molecule is CN(C(=O)[C@@]12C[C@H]3OC(=O)[C@@H]1N(Cc1cccc(I)c1)O[C@@H]2[C@H]1OC(c2ccccc2)(c2ccccc2)O[C@H]13)[C@H](Cc1ccccc1)C(=O)NCCO. The van der Waals surface area contributed by atoms with Gasteiger partial charge < -0.3 is 29.5 Å². The number of halogens is 1. The molecule has 4 fully saturated rings. The molecular formula is C41H40IN3O8. The Hall–Kier alpha value is -4.18. The summed E-state index contributed by atoms with van der Waals surface area (Å²) in [5, 5.41) is 13.9. The summed E-state index contributed by atoms with van der Waals surface area (Å²) in [5.41, 5.74) is 1.72. The number of rotatable bonds is 11. The van der Waals surface area contributed by atoms with E-state index in [4.69, 9.17) is 19.0 Å². The Morgan fingerprint density at radius 1 is 0.906 bits per heavy atom. The highest BCUT2D eigenvalue weighted by Gasteiger charge is 2.77. The first-order valence-corrected chi connectivity index (χ1v) is 18.9. The van der Waals surface area contributed by atoms with Crippen LogP contribution in [0.3, 0.4) is 0 Å². The molecule has 2 bridgehead atoms. The fraction of sp³-hybridized carbons (Fsp3) is 0.341. The Morgan fingerprint density at radius 2 is 1.53 bits per heavy atom. The van der Waals surface area contributed by atoms with Crippen molar-refractivity contribution in [1.82, 2.24) is 15.3 Å². The van der Waals surface area contributed by atoms with Crippen LogP contribution in [0.25, 0.3) is 0 Å². The van der Waals surface area contributed by atoms with Crippen LogP contribution in [0, 0.1) is 8.99 Å². The monoisotopic (exact) mass is 829 g/mol. The van der Waals surface area contributed by atoms with E-state index in [9.17, 15) is 14.7 Å². The molecule has 3 heterocycles. The van der Waals surface area contributed by atoms with Crippen LogP contribution in [0.15, 0.2) is 115 Å². The molecule has 4 aromatic rings. The number of carbonyl (C=O) groups is 3. The Kier molecular flexibility index (Phi) is 9.85. The molecule has 8 rings (SSSR count). The molecule has 0 unspecified atom stereocenters. The number of likely N-dealkylation sites (N-methyl/N-ethyl adjacent to an activating group) is 1. The first kappa shape index (κ1) is 35.8. The molecule has 7 atom stereocenters. The van der Waals surface area contributed by atoms with Gasteiger partial charge in [-0.15, -0.1) is 0 Å².